The van der Waals surface area contributed by atoms with E-state index in [-0.39, 0.29) is 57.5 Å². The van der Waals surface area contributed by atoms with Crippen LogP contribution in [0.25, 0.3) is 0 Å². The molecule has 0 spiro atoms. The van der Waals surface area contributed by atoms with E-state index in [1.807, 2.05) is 11.9 Å². The number of sulfonamides is 1. The molecule has 1 saturated carbocycles. The first-order valence-corrected chi connectivity index (χ1v) is 18.3. The lowest BCUT2D eigenvalue weighted by Crippen LogP contribution is -2.41. The molecule has 0 bridgehead atoms. The SMILES string of the molecule is CN1CCOc2ccc(S(=O)(=O)N3CCS[C@H]3C(=O)O[C@@H](Cc3c(Cl)c[n+]([O-])cc3Cl)c3ccc(OC(F)F)c(OCC4CC4)c3)cc21. The summed E-state index contributed by atoms with van der Waals surface area (Å²) in [6, 6.07) is 8.69. The summed E-state index contributed by atoms with van der Waals surface area (Å²) in [6.07, 6.45) is 2.79. The second-order valence-corrected chi connectivity index (χ2v) is 15.4. The lowest BCUT2D eigenvalue weighted by molar-refractivity contribution is -0.605. The van der Waals surface area contributed by atoms with Crippen molar-refractivity contribution in [2.45, 2.75) is 42.2 Å². The van der Waals surface area contributed by atoms with Crippen molar-refractivity contribution in [3.8, 4) is 17.2 Å². The maximum Gasteiger partial charge on any atom is 0.387 e. The van der Waals surface area contributed by atoms with Crippen LogP contribution in [-0.4, -0.2) is 69.8 Å². The Bertz CT molecular complexity index is 1780. The topological polar surface area (TPSA) is 122 Å². The molecule has 48 heavy (non-hydrogen) atoms. The Morgan fingerprint density at radius 2 is 1.88 bits per heavy atom. The van der Waals surface area contributed by atoms with Gasteiger partial charge in [-0.15, -0.1) is 11.8 Å². The minimum atomic E-state index is -4.16. The van der Waals surface area contributed by atoms with Crippen molar-refractivity contribution in [3.05, 3.63) is 75.2 Å². The number of fused-ring (bicyclic) bond motifs is 1. The highest BCUT2D eigenvalue weighted by atomic mass is 35.5. The van der Waals surface area contributed by atoms with E-state index in [9.17, 15) is 27.2 Å². The number of nitrogens with zero attached hydrogens (tertiary/aromatic N) is 3. The van der Waals surface area contributed by atoms with E-state index in [1.165, 1.54) is 30.3 Å². The van der Waals surface area contributed by atoms with Crippen molar-refractivity contribution in [2.24, 2.45) is 5.92 Å². The number of alkyl halides is 2. The van der Waals surface area contributed by atoms with E-state index in [1.54, 1.807) is 6.07 Å². The van der Waals surface area contributed by atoms with Gasteiger partial charge in [-0.2, -0.15) is 17.8 Å². The molecule has 6 rings (SSSR count). The highest BCUT2D eigenvalue weighted by Gasteiger charge is 2.42. The fourth-order valence-corrected chi connectivity index (χ4v) is 9.04. The zero-order chi connectivity index (χ0) is 34.2. The van der Waals surface area contributed by atoms with Crippen molar-refractivity contribution in [2.75, 3.05) is 44.0 Å². The number of rotatable bonds is 12. The van der Waals surface area contributed by atoms with Crippen LogP contribution in [0.5, 0.6) is 17.2 Å². The molecule has 2 fully saturated rings. The Morgan fingerprint density at radius 1 is 1.12 bits per heavy atom. The van der Waals surface area contributed by atoms with Crippen molar-refractivity contribution in [3.63, 3.8) is 0 Å². The normalized spacial score (nSPS) is 18.7. The number of aromatic nitrogens is 1. The van der Waals surface area contributed by atoms with Crippen LogP contribution < -0.4 is 23.8 Å². The van der Waals surface area contributed by atoms with Crippen molar-refractivity contribution < 1.29 is 45.7 Å². The smallest absolute Gasteiger partial charge is 0.387 e. The molecule has 0 radical (unpaired) electrons. The van der Waals surface area contributed by atoms with Gasteiger partial charge in [0.25, 0.3) is 0 Å². The molecule has 1 saturated heterocycles. The van der Waals surface area contributed by atoms with Crippen LogP contribution in [0.1, 0.15) is 30.1 Å². The Kier molecular flexibility index (Phi) is 10.3. The second kappa shape index (κ2) is 14.3. The maximum atomic E-state index is 13.9. The van der Waals surface area contributed by atoms with E-state index in [0.29, 0.717) is 40.6 Å². The molecule has 258 valence electrons. The lowest BCUT2D eigenvalue weighted by atomic mass is 10.0. The number of hydrogen-bond donors (Lipinski definition) is 0. The van der Waals surface area contributed by atoms with Gasteiger partial charge in [-0.05, 0) is 54.7 Å². The number of likely N-dealkylation sites (N-methyl/N-ethyl adjacent to an activating group) is 1. The Labute approximate surface area is 290 Å². The number of carbonyl (C=O) groups excluding carboxylic acids is 1. The zero-order valence-corrected chi connectivity index (χ0v) is 28.7. The highest BCUT2D eigenvalue weighted by molar-refractivity contribution is 8.02. The van der Waals surface area contributed by atoms with Crippen LogP contribution in [0.4, 0.5) is 14.5 Å². The number of benzene rings is 2. The van der Waals surface area contributed by atoms with Gasteiger partial charge in [-0.1, -0.05) is 29.3 Å². The van der Waals surface area contributed by atoms with Crippen molar-refractivity contribution in [1.82, 2.24) is 4.31 Å². The first kappa shape index (κ1) is 34.6. The summed E-state index contributed by atoms with van der Waals surface area (Å²) >= 11 is 13.8. The Morgan fingerprint density at radius 3 is 2.58 bits per heavy atom. The van der Waals surface area contributed by atoms with E-state index in [4.69, 9.17) is 37.4 Å². The summed E-state index contributed by atoms with van der Waals surface area (Å²) < 4.78 is 77.9. The Hall–Kier alpha value is -3.24. The number of ether oxygens (including phenoxy) is 4. The summed E-state index contributed by atoms with van der Waals surface area (Å²) in [5.41, 5.74) is 1.21. The van der Waals surface area contributed by atoms with Crippen LogP contribution in [0.15, 0.2) is 53.7 Å². The monoisotopic (exact) mass is 745 g/mol. The minimum Gasteiger partial charge on any atom is -0.619 e. The molecule has 2 aromatic carbocycles. The predicted molar refractivity (Wildman–Crippen MR) is 175 cm³/mol. The van der Waals surface area contributed by atoms with Gasteiger partial charge >= 0.3 is 12.6 Å². The summed E-state index contributed by atoms with van der Waals surface area (Å²) in [5, 5.41) is 10.7. The molecule has 1 aliphatic carbocycles. The highest BCUT2D eigenvalue weighted by Crippen LogP contribution is 2.40. The average Bonchev–Trinajstić information content (AvgIpc) is 3.73. The first-order valence-electron chi connectivity index (χ1n) is 15.0. The van der Waals surface area contributed by atoms with Crippen LogP contribution in [0.2, 0.25) is 10.0 Å². The van der Waals surface area contributed by atoms with Crippen LogP contribution >= 0.6 is 35.0 Å². The van der Waals surface area contributed by atoms with Crippen LogP contribution in [-0.2, 0) is 26.0 Å². The first-order chi connectivity index (χ1) is 22.9. The van der Waals surface area contributed by atoms with E-state index >= 15 is 0 Å². The number of halogens is 4. The lowest BCUT2D eigenvalue weighted by Gasteiger charge is -2.29. The van der Waals surface area contributed by atoms with E-state index in [2.05, 4.69) is 4.74 Å². The van der Waals surface area contributed by atoms with Gasteiger partial charge in [-0.25, -0.2) is 13.2 Å². The van der Waals surface area contributed by atoms with Gasteiger partial charge in [0.1, 0.15) is 28.5 Å². The largest absolute Gasteiger partial charge is 0.619 e. The minimum absolute atomic E-state index is 0.00205. The number of esters is 1. The number of hydrogen-bond acceptors (Lipinski definition) is 10. The zero-order valence-electron chi connectivity index (χ0n) is 25.5. The molecule has 11 nitrogen and oxygen atoms in total. The van der Waals surface area contributed by atoms with Crippen LogP contribution in [0, 0.1) is 11.1 Å². The van der Waals surface area contributed by atoms with Crippen LogP contribution in [0.3, 0.4) is 0 Å². The number of carbonyl (C=O) groups is 1. The number of thioether (sulfide) groups is 1. The molecule has 3 aromatic rings. The molecule has 0 unspecified atom stereocenters. The molecule has 3 aliphatic rings. The van der Waals surface area contributed by atoms with E-state index < -0.39 is 34.1 Å². The third-order valence-corrected chi connectivity index (χ3v) is 11.9. The molecule has 0 amide bonds. The molecule has 17 heteroatoms. The third kappa shape index (κ3) is 7.65. The average molecular weight is 747 g/mol. The van der Waals surface area contributed by atoms with Gasteiger partial charge in [-0.3, -0.25) is 0 Å². The number of pyridine rings is 1. The second-order valence-electron chi connectivity index (χ2n) is 11.5. The molecule has 2 aliphatic heterocycles. The standard InChI is InChI=1S/C31H31Cl2F2N3O8S2/c1-36-8-10-43-25-7-5-20(13-24(25)36)48(41,42)38-9-11-47-29(38)30(39)45-27(14-21-22(32)15-37(40)16-23(21)33)19-4-6-26(46-31(34)35)28(12-19)44-17-18-2-3-18/h4-7,12-13,15-16,18,27,29,31H,2-3,8-11,14,17H2,1H3/t27-,29-/m0/s1. The summed E-state index contributed by atoms with van der Waals surface area (Å²) in [7, 11) is -2.33. The van der Waals surface area contributed by atoms with E-state index in [0.717, 1.165) is 41.3 Å². The van der Waals surface area contributed by atoms with Gasteiger partial charge in [0.2, 0.25) is 10.0 Å². The molecular formula is C31H31Cl2F2N3O8S2. The predicted octanol–water partition coefficient (Wildman–Crippen LogP) is 5.44. The third-order valence-electron chi connectivity index (χ3n) is 8.12. The van der Waals surface area contributed by atoms with Crippen molar-refractivity contribution in [1.29, 1.82) is 0 Å². The van der Waals surface area contributed by atoms with Crippen molar-refractivity contribution >= 4 is 56.6 Å². The molecule has 2 atom stereocenters. The summed E-state index contributed by atoms with van der Waals surface area (Å²) in [4.78, 5) is 15.8. The van der Waals surface area contributed by atoms with Gasteiger partial charge in [0.15, 0.2) is 29.3 Å². The summed E-state index contributed by atoms with van der Waals surface area (Å²) in [6.45, 7) is -1.72. The Balaban J connectivity index is 1.31. The molecule has 1 aromatic heterocycles. The maximum absolute atomic E-state index is 13.9. The quantitative estimate of drug-likeness (QED) is 0.135. The fourth-order valence-electron chi connectivity index (χ4n) is 5.37. The van der Waals surface area contributed by atoms with Gasteiger partial charge in [0, 0.05) is 31.3 Å². The fraction of sp³-hybridized carbons (Fsp3) is 0.419. The number of anilines is 1. The van der Waals surface area contributed by atoms with Gasteiger partial charge in [0.05, 0.1) is 23.7 Å². The summed E-state index contributed by atoms with van der Waals surface area (Å²) in [5.74, 6) is 0.133. The van der Waals surface area contributed by atoms with Gasteiger partial charge < -0.3 is 29.1 Å². The molecule has 3 heterocycles. The molecular weight excluding hydrogens is 715 g/mol. The molecule has 0 N–H and O–H groups in total.